The van der Waals surface area contributed by atoms with Crippen LogP contribution < -0.4 is 10.4 Å². The molecule has 4 aromatic rings. The lowest BCUT2D eigenvalue weighted by molar-refractivity contribution is 0.238. The lowest BCUT2D eigenvalue weighted by Gasteiger charge is -2.15. The van der Waals surface area contributed by atoms with E-state index >= 15 is 0 Å². The van der Waals surface area contributed by atoms with E-state index in [1.807, 2.05) is 42.5 Å². The predicted molar refractivity (Wildman–Crippen MR) is 152 cm³/mol. The molecule has 0 N–H and O–H groups in total. The molecule has 0 aliphatic carbocycles. The van der Waals surface area contributed by atoms with Gasteiger partial charge in [-0.05, 0) is 97.8 Å². The fourth-order valence-corrected chi connectivity index (χ4v) is 5.27. The molecule has 2 heterocycles. The highest BCUT2D eigenvalue weighted by Crippen LogP contribution is 2.31. The molecule has 1 aliphatic rings. The monoisotopic (exact) mass is 515 g/mol. The van der Waals surface area contributed by atoms with Crippen LogP contribution in [0.4, 0.5) is 0 Å². The topological polar surface area (TPSA) is 42.7 Å². The fourth-order valence-electron chi connectivity index (χ4n) is 5.14. The molecule has 4 nitrogen and oxygen atoms in total. The molecule has 1 saturated heterocycles. The number of hydrogen-bond donors (Lipinski definition) is 0. The maximum Gasteiger partial charge on any atom is 0.344 e. The zero-order valence-corrected chi connectivity index (χ0v) is 22.2. The SMILES string of the molecule is CCCCc1ccc2c(Cc3ccc(OCCN4CCCC4)cc3)c(-c3ccc(Cl)cc3)c(=O)oc2c1. The van der Waals surface area contributed by atoms with Gasteiger partial charge in [0.05, 0.1) is 5.56 Å². The first kappa shape index (κ1) is 25.6. The lowest BCUT2D eigenvalue weighted by atomic mass is 9.92. The summed E-state index contributed by atoms with van der Waals surface area (Å²) in [4.78, 5) is 15.8. The van der Waals surface area contributed by atoms with E-state index in [0.717, 1.165) is 53.6 Å². The highest BCUT2D eigenvalue weighted by molar-refractivity contribution is 6.30. The second kappa shape index (κ2) is 12.0. The molecule has 192 valence electrons. The molecule has 5 heteroatoms. The summed E-state index contributed by atoms with van der Waals surface area (Å²) in [7, 11) is 0. The van der Waals surface area contributed by atoms with Gasteiger partial charge in [-0.25, -0.2) is 4.79 Å². The largest absolute Gasteiger partial charge is 0.492 e. The standard InChI is InChI=1S/C32H34ClNO3/c1-2-3-6-23-9-16-28-29(31(32(35)37-30(28)22-23)25-10-12-26(33)13-11-25)21-24-7-14-27(15-8-24)36-20-19-34-17-4-5-18-34/h7-16,22H,2-6,17-21H2,1H3. The van der Waals surface area contributed by atoms with Gasteiger partial charge in [0.15, 0.2) is 0 Å². The predicted octanol–water partition coefficient (Wildman–Crippen LogP) is 7.52. The molecule has 0 bridgehead atoms. The van der Waals surface area contributed by atoms with Crippen LogP contribution in [0.15, 0.2) is 75.9 Å². The van der Waals surface area contributed by atoms with E-state index in [1.54, 1.807) is 0 Å². The first-order valence-corrected chi connectivity index (χ1v) is 13.8. The van der Waals surface area contributed by atoms with Crippen molar-refractivity contribution in [2.24, 2.45) is 0 Å². The lowest BCUT2D eigenvalue weighted by Crippen LogP contribution is -2.25. The average Bonchev–Trinajstić information content (AvgIpc) is 3.43. The van der Waals surface area contributed by atoms with Crippen molar-refractivity contribution in [2.75, 3.05) is 26.2 Å². The summed E-state index contributed by atoms with van der Waals surface area (Å²) in [5.74, 6) is 0.874. The van der Waals surface area contributed by atoms with Gasteiger partial charge in [0.25, 0.3) is 0 Å². The third-order valence-corrected chi connectivity index (χ3v) is 7.46. The summed E-state index contributed by atoms with van der Waals surface area (Å²) in [6, 6.07) is 21.9. The average molecular weight is 516 g/mol. The van der Waals surface area contributed by atoms with E-state index in [4.69, 9.17) is 20.8 Å². The number of benzene rings is 3. The highest BCUT2D eigenvalue weighted by atomic mass is 35.5. The highest BCUT2D eigenvalue weighted by Gasteiger charge is 2.18. The Hall–Kier alpha value is -3.08. The quantitative estimate of drug-likeness (QED) is 0.205. The summed E-state index contributed by atoms with van der Waals surface area (Å²) < 4.78 is 11.9. The van der Waals surface area contributed by atoms with Crippen LogP contribution in [0.2, 0.25) is 5.02 Å². The van der Waals surface area contributed by atoms with Gasteiger partial charge in [0, 0.05) is 17.0 Å². The van der Waals surface area contributed by atoms with Gasteiger partial charge in [-0.1, -0.05) is 61.3 Å². The van der Waals surface area contributed by atoms with Crippen LogP contribution in [0, 0.1) is 0 Å². The van der Waals surface area contributed by atoms with E-state index in [0.29, 0.717) is 29.2 Å². The Kier molecular flexibility index (Phi) is 8.28. The number of rotatable bonds is 10. The van der Waals surface area contributed by atoms with Gasteiger partial charge in [0.2, 0.25) is 0 Å². The van der Waals surface area contributed by atoms with Crippen molar-refractivity contribution < 1.29 is 9.15 Å². The summed E-state index contributed by atoms with van der Waals surface area (Å²) >= 11 is 6.13. The summed E-state index contributed by atoms with van der Waals surface area (Å²) in [6.07, 6.45) is 6.41. The zero-order valence-electron chi connectivity index (χ0n) is 21.5. The van der Waals surface area contributed by atoms with Gasteiger partial charge in [0.1, 0.15) is 17.9 Å². The maximum atomic E-state index is 13.3. The van der Waals surface area contributed by atoms with Gasteiger partial charge >= 0.3 is 5.63 Å². The van der Waals surface area contributed by atoms with E-state index in [-0.39, 0.29) is 5.63 Å². The molecule has 0 spiro atoms. The normalized spacial score (nSPS) is 13.9. The number of hydrogen-bond acceptors (Lipinski definition) is 4. The molecule has 0 saturated carbocycles. The number of aryl methyl sites for hydroxylation is 1. The minimum atomic E-state index is -0.320. The Bertz CT molecular complexity index is 1390. The van der Waals surface area contributed by atoms with E-state index in [9.17, 15) is 4.79 Å². The van der Waals surface area contributed by atoms with Crippen LogP contribution in [0.25, 0.3) is 22.1 Å². The second-order valence-corrected chi connectivity index (χ2v) is 10.3. The molecule has 1 fully saturated rings. The number of nitrogens with zero attached hydrogens (tertiary/aromatic N) is 1. The molecule has 1 aliphatic heterocycles. The van der Waals surface area contributed by atoms with Crippen molar-refractivity contribution in [1.82, 2.24) is 4.90 Å². The van der Waals surface area contributed by atoms with E-state index in [1.165, 1.54) is 31.5 Å². The number of ether oxygens (including phenoxy) is 1. The van der Waals surface area contributed by atoms with Crippen LogP contribution in [0.3, 0.4) is 0 Å². The Morgan fingerprint density at radius 3 is 2.41 bits per heavy atom. The molecule has 1 aromatic heterocycles. The van der Waals surface area contributed by atoms with E-state index < -0.39 is 0 Å². The second-order valence-electron chi connectivity index (χ2n) is 9.90. The van der Waals surface area contributed by atoms with Crippen LogP contribution in [0.5, 0.6) is 5.75 Å². The van der Waals surface area contributed by atoms with Crippen molar-refractivity contribution in [3.8, 4) is 16.9 Å². The molecule has 3 aromatic carbocycles. The first-order chi connectivity index (χ1) is 18.1. The Labute approximate surface area is 223 Å². The van der Waals surface area contributed by atoms with Crippen molar-refractivity contribution in [3.63, 3.8) is 0 Å². The van der Waals surface area contributed by atoms with Crippen molar-refractivity contribution in [3.05, 3.63) is 98.9 Å². The van der Waals surface area contributed by atoms with Crippen LogP contribution in [-0.2, 0) is 12.8 Å². The first-order valence-electron chi connectivity index (χ1n) is 13.4. The number of halogens is 1. The Balaban J connectivity index is 1.45. The van der Waals surface area contributed by atoms with Crippen LogP contribution in [0.1, 0.15) is 49.3 Å². The molecule has 0 radical (unpaired) electrons. The van der Waals surface area contributed by atoms with Crippen molar-refractivity contribution in [2.45, 2.75) is 45.4 Å². The third kappa shape index (κ3) is 6.26. The molecule has 0 atom stereocenters. The third-order valence-electron chi connectivity index (χ3n) is 7.21. The number of likely N-dealkylation sites (tertiary alicyclic amines) is 1. The Morgan fingerprint density at radius 2 is 1.68 bits per heavy atom. The summed E-state index contributed by atoms with van der Waals surface area (Å²) in [6.45, 7) is 6.21. The summed E-state index contributed by atoms with van der Waals surface area (Å²) in [5, 5.41) is 1.60. The van der Waals surface area contributed by atoms with Gasteiger partial charge < -0.3 is 9.15 Å². The maximum absolute atomic E-state index is 13.3. The molecule has 0 amide bonds. The van der Waals surface area contributed by atoms with Crippen molar-refractivity contribution in [1.29, 1.82) is 0 Å². The van der Waals surface area contributed by atoms with Crippen LogP contribution >= 0.6 is 11.6 Å². The van der Waals surface area contributed by atoms with Gasteiger partial charge in [-0.3, -0.25) is 4.90 Å². The van der Waals surface area contributed by atoms with Gasteiger partial charge in [-0.2, -0.15) is 0 Å². The number of fused-ring (bicyclic) bond motifs is 1. The zero-order chi connectivity index (χ0) is 25.6. The van der Waals surface area contributed by atoms with Gasteiger partial charge in [-0.15, -0.1) is 0 Å². The van der Waals surface area contributed by atoms with E-state index in [2.05, 4.69) is 36.1 Å². The van der Waals surface area contributed by atoms with Crippen LogP contribution in [-0.4, -0.2) is 31.1 Å². The molecular weight excluding hydrogens is 482 g/mol. The van der Waals surface area contributed by atoms with Crippen molar-refractivity contribution >= 4 is 22.6 Å². The minimum Gasteiger partial charge on any atom is -0.492 e. The molecule has 0 unspecified atom stereocenters. The molecule has 5 rings (SSSR count). The Morgan fingerprint density at radius 1 is 0.946 bits per heavy atom. The number of unbranched alkanes of at least 4 members (excludes halogenated alkanes) is 1. The smallest absolute Gasteiger partial charge is 0.344 e. The molecular formula is C32H34ClNO3. The fraction of sp³-hybridized carbons (Fsp3) is 0.344. The summed E-state index contributed by atoms with van der Waals surface area (Å²) in [5.41, 5.74) is 5.01. The molecule has 37 heavy (non-hydrogen) atoms. The minimum absolute atomic E-state index is 0.320.